The zero-order valence-electron chi connectivity index (χ0n) is 15.3. The van der Waals surface area contributed by atoms with Crippen LogP contribution in [0.15, 0.2) is 52.9 Å². The van der Waals surface area contributed by atoms with Gasteiger partial charge in [-0.15, -0.1) is 10.2 Å². The lowest BCUT2D eigenvalue weighted by molar-refractivity contribution is 0.273. The Kier molecular flexibility index (Phi) is 5.86. The normalized spacial score (nSPS) is 10.9. The van der Waals surface area contributed by atoms with Crippen molar-refractivity contribution < 1.29 is 13.9 Å². The van der Waals surface area contributed by atoms with Gasteiger partial charge in [-0.1, -0.05) is 36.4 Å². The van der Waals surface area contributed by atoms with E-state index in [1.54, 1.807) is 14.2 Å². The second kappa shape index (κ2) is 8.49. The molecule has 0 saturated heterocycles. The summed E-state index contributed by atoms with van der Waals surface area (Å²) in [5, 5.41) is 8.30. The van der Waals surface area contributed by atoms with Crippen LogP contribution in [0.25, 0.3) is 0 Å². The maximum atomic E-state index is 5.77. The van der Waals surface area contributed by atoms with Gasteiger partial charge in [0.05, 0.1) is 27.2 Å². The van der Waals surface area contributed by atoms with Crippen LogP contribution in [0.3, 0.4) is 0 Å². The molecule has 0 spiro atoms. The van der Waals surface area contributed by atoms with Crippen molar-refractivity contribution in [1.82, 2.24) is 15.1 Å². The predicted molar refractivity (Wildman–Crippen MR) is 98.3 cm³/mol. The minimum Gasteiger partial charge on any atom is -0.497 e. The van der Waals surface area contributed by atoms with Crippen LogP contribution in [0.5, 0.6) is 11.5 Å². The van der Waals surface area contributed by atoms with Gasteiger partial charge < -0.3 is 13.9 Å². The summed E-state index contributed by atoms with van der Waals surface area (Å²) >= 11 is 0. The number of hydrogen-bond acceptors (Lipinski definition) is 6. The average Bonchev–Trinajstić information content (AvgIpc) is 3.09. The van der Waals surface area contributed by atoms with Crippen molar-refractivity contribution in [2.75, 3.05) is 21.3 Å². The van der Waals surface area contributed by atoms with Crippen LogP contribution in [0.1, 0.15) is 22.9 Å². The molecule has 0 atom stereocenters. The van der Waals surface area contributed by atoms with Crippen molar-refractivity contribution in [3.63, 3.8) is 0 Å². The number of benzene rings is 2. The van der Waals surface area contributed by atoms with Crippen LogP contribution in [0, 0.1) is 0 Å². The Labute approximate surface area is 153 Å². The summed E-state index contributed by atoms with van der Waals surface area (Å²) in [6.07, 6.45) is 0.643. The van der Waals surface area contributed by atoms with Crippen molar-refractivity contribution in [1.29, 1.82) is 0 Å². The maximum absolute atomic E-state index is 5.77. The van der Waals surface area contributed by atoms with Gasteiger partial charge in [0.15, 0.2) is 0 Å². The summed E-state index contributed by atoms with van der Waals surface area (Å²) in [5.41, 5.74) is 2.22. The molecule has 0 fully saturated rings. The molecule has 136 valence electrons. The largest absolute Gasteiger partial charge is 0.497 e. The van der Waals surface area contributed by atoms with Gasteiger partial charge in [0.1, 0.15) is 11.5 Å². The molecule has 3 rings (SSSR count). The molecule has 0 N–H and O–H groups in total. The molecule has 26 heavy (non-hydrogen) atoms. The van der Waals surface area contributed by atoms with Gasteiger partial charge in [0.2, 0.25) is 11.8 Å². The average molecular weight is 353 g/mol. The third-order valence-corrected chi connectivity index (χ3v) is 4.05. The highest BCUT2D eigenvalue weighted by atomic mass is 16.5. The minimum atomic E-state index is 0.566. The zero-order valence-corrected chi connectivity index (χ0v) is 15.3. The Morgan fingerprint density at radius 1 is 0.923 bits per heavy atom. The van der Waals surface area contributed by atoms with Crippen LogP contribution >= 0.6 is 0 Å². The van der Waals surface area contributed by atoms with Crippen LogP contribution in [0.4, 0.5) is 0 Å². The molecule has 0 unspecified atom stereocenters. The van der Waals surface area contributed by atoms with Crippen LogP contribution < -0.4 is 9.47 Å². The summed E-state index contributed by atoms with van der Waals surface area (Å²) in [5.74, 6) is 2.80. The summed E-state index contributed by atoms with van der Waals surface area (Å²) < 4.78 is 16.5. The quantitative estimate of drug-likeness (QED) is 0.619. The molecule has 0 saturated carbocycles. The molecule has 1 heterocycles. The lowest BCUT2D eigenvalue weighted by Crippen LogP contribution is -2.18. The van der Waals surface area contributed by atoms with E-state index in [0.29, 0.717) is 31.3 Å². The zero-order chi connectivity index (χ0) is 18.4. The molecule has 0 aliphatic rings. The van der Waals surface area contributed by atoms with Gasteiger partial charge in [0, 0.05) is 18.2 Å². The molecule has 0 radical (unpaired) electrons. The second-order valence-corrected chi connectivity index (χ2v) is 6.10. The van der Waals surface area contributed by atoms with Crippen LogP contribution in [0.2, 0.25) is 0 Å². The van der Waals surface area contributed by atoms with E-state index in [2.05, 4.69) is 15.1 Å². The first-order chi connectivity index (χ1) is 12.7. The molecule has 2 aromatic carbocycles. The molecule has 6 heteroatoms. The first-order valence-corrected chi connectivity index (χ1v) is 8.42. The molecule has 6 nitrogen and oxygen atoms in total. The van der Waals surface area contributed by atoms with Gasteiger partial charge in [0.25, 0.3) is 0 Å². The number of hydrogen-bond donors (Lipinski definition) is 0. The van der Waals surface area contributed by atoms with Crippen LogP contribution in [-0.2, 0) is 19.5 Å². The Morgan fingerprint density at radius 2 is 1.69 bits per heavy atom. The minimum absolute atomic E-state index is 0.566. The van der Waals surface area contributed by atoms with Gasteiger partial charge in [-0.25, -0.2) is 0 Å². The van der Waals surface area contributed by atoms with Crippen molar-refractivity contribution in [3.8, 4) is 11.5 Å². The Balaban J connectivity index is 1.61. The molecular weight excluding hydrogens is 330 g/mol. The van der Waals surface area contributed by atoms with Gasteiger partial charge >= 0.3 is 0 Å². The highest BCUT2D eigenvalue weighted by Crippen LogP contribution is 2.25. The van der Waals surface area contributed by atoms with Crippen molar-refractivity contribution in [3.05, 3.63) is 71.4 Å². The molecule has 0 aliphatic carbocycles. The highest BCUT2D eigenvalue weighted by molar-refractivity contribution is 5.40. The highest BCUT2D eigenvalue weighted by Gasteiger charge is 2.12. The van der Waals surface area contributed by atoms with E-state index in [0.717, 1.165) is 22.6 Å². The second-order valence-electron chi connectivity index (χ2n) is 6.10. The van der Waals surface area contributed by atoms with E-state index in [4.69, 9.17) is 13.9 Å². The lowest BCUT2D eigenvalue weighted by atomic mass is 10.1. The third kappa shape index (κ3) is 4.61. The third-order valence-electron chi connectivity index (χ3n) is 4.05. The Morgan fingerprint density at radius 3 is 2.42 bits per heavy atom. The predicted octanol–water partition coefficient (Wildman–Crippen LogP) is 3.31. The SMILES string of the molecule is COc1ccc(CN(C)Cc2nnc(Cc3ccccc3)o2)c(OC)c1. The number of ether oxygens (including phenoxy) is 2. The number of rotatable bonds is 8. The van der Waals surface area contributed by atoms with Crippen molar-refractivity contribution >= 4 is 0 Å². The maximum Gasteiger partial charge on any atom is 0.230 e. The number of methoxy groups -OCH3 is 2. The fourth-order valence-electron chi connectivity index (χ4n) is 2.75. The van der Waals surface area contributed by atoms with Gasteiger partial charge in [-0.2, -0.15) is 0 Å². The molecule has 0 aliphatic heterocycles. The summed E-state index contributed by atoms with van der Waals surface area (Å²) in [7, 11) is 5.31. The van der Waals surface area contributed by atoms with E-state index in [-0.39, 0.29) is 0 Å². The summed E-state index contributed by atoms with van der Waals surface area (Å²) in [4.78, 5) is 2.10. The van der Waals surface area contributed by atoms with E-state index in [9.17, 15) is 0 Å². The lowest BCUT2D eigenvalue weighted by Gasteiger charge is -2.17. The van der Waals surface area contributed by atoms with Crippen LogP contribution in [-0.4, -0.2) is 36.4 Å². The molecule has 1 aromatic heterocycles. The fourth-order valence-corrected chi connectivity index (χ4v) is 2.75. The monoisotopic (exact) mass is 353 g/mol. The molecule has 0 bridgehead atoms. The van der Waals surface area contributed by atoms with Crippen molar-refractivity contribution in [2.24, 2.45) is 0 Å². The van der Waals surface area contributed by atoms with Crippen molar-refractivity contribution in [2.45, 2.75) is 19.5 Å². The van der Waals surface area contributed by atoms with E-state index < -0.39 is 0 Å². The van der Waals surface area contributed by atoms with Gasteiger partial charge in [-0.3, -0.25) is 4.90 Å². The van der Waals surface area contributed by atoms with E-state index in [1.807, 2.05) is 55.6 Å². The fraction of sp³-hybridized carbons (Fsp3) is 0.300. The standard InChI is InChI=1S/C20H23N3O3/c1-23(13-16-9-10-17(24-2)12-18(16)25-3)14-20-22-21-19(26-20)11-15-7-5-4-6-8-15/h4-10,12H,11,13-14H2,1-3H3. The Bertz CT molecular complexity index is 833. The molecular formula is C20H23N3O3. The first-order valence-electron chi connectivity index (χ1n) is 8.42. The summed E-state index contributed by atoms with van der Waals surface area (Å²) in [6, 6.07) is 15.9. The first kappa shape index (κ1) is 17.9. The Hall–Kier alpha value is -2.86. The smallest absolute Gasteiger partial charge is 0.230 e. The number of nitrogens with zero attached hydrogens (tertiary/aromatic N) is 3. The molecule has 0 amide bonds. The summed E-state index contributed by atoms with van der Waals surface area (Å²) in [6.45, 7) is 1.26. The molecule has 3 aromatic rings. The van der Waals surface area contributed by atoms with E-state index in [1.165, 1.54) is 0 Å². The van der Waals surface area contributed by atoms with Gasteiger partial charge in [-0.05, 0) is 18.7 Å². The topological polar surface area (TPSA) is 60.6 Å². The van der Waals surface area contributed by atoms with E-state index >= 15 is 0 Å². The number of aromatic nitrogens is 2.